The molecule has 0 bridgehead atoms. The molecule has 27 heavy (non-hydrogen) atoms. The number of imidazole rings is 1. The minimum absolute atomic E-state index is 0.00958. The number of benzene rings is 2. The van der Waals surface area contributed by atoms with Crippen molar-refractivity contribution < 1.29 is 4.79 Å². The van der Waals surface area contributed by atoms with Crippen molar-refractivity contribution in [2.45, 2.75) is 19.5 Å². The number of amides is 1. The van der Waals surface area contributed by atoms with E-state index >= 15 is 0 Å². The van der Waals surface area contributed by atoms with E-state index in [1.54, 1.807) is 23.0 Å². The average Bonchev–Trinajstić information content (AvgIpc) is 3.33. The minimum Gasteiger partial charge on any atom is -0.337 e. The summed E-state index contributed by atoms with van der Waals surface area (Å²) in [5.41, 5.74) is 4.49. The number of hydrogen-bond acceptors (Lipinski definition) is 4. The molecule has 4 rings (SSSR count). The summed E-state index contributed by atoms with van der Waals surface area (Å²) >= 11 is 1.54. The van der Waals surface area contributed by atoms with Gasteiger partial charge in [0.1, 0.15) is 5.82 Å². The average molecular weight is 376 g/mol. The summed E-state index contributed by atoms with van der Waals surface area (Å²) in [5.74, 6) is 0.842. The van der Waals surface area contributed by atoms with Crippen LogP contribution in [0.2, 0.25) is 0 Å². The van der Waals surface area contributed by atoms with Gasteiger partial charge in [-0.3, -0.25) is 4.79 Å². The Morgan fingerprint density at radius 2 is 2.00 bits per heavy atom. The Morgan fingerprint density at radius 1 is 1.19 bits per heavy atom. The Labute approximate surface area is 161 Å². The van der Waals surface area contributed by atoms with E-state index in [0.717, 1.165) is 21.6 Å². The predicted molar refractivity (Wildman–Crippen MR) is 108 cm³/mol. The largest absolute Gasteiger partial charge is 0.337 e. The van der Waals surface area contributed by atoms with E-state index in [1.165, 1.54) is 0 Å². The van der Waals surface area contributed by atoms with Gasteiger partial charge in [0.05, 0.1) is 28.3 Å². The highest BCUT2D eigenvalue weighted by Gasteiger charge is 2.24. The first kappa shape index (κ1) is 17.4. The molecular formula is C21H20N4OS. The first-order valence-electron chi connectivity index (χ1n) is 8.79. The summed E-state index contributed by atoms with van der Waals surface area (Å²) in [6.45, 7) is 2.50. The van der Waals surface area contributed by atoms with Crippen LogP contribution < -0.4 is 0 Å². The smallest absolute Gasteiger partial charge is 0.254 e. The molecule has 0 fully saturated rings. The van der Waals surface area contributed by atoms with Crippen molar-refractivity contribution in [1.82, 2.24) is 19.4 Å². The molecule has 0 unspecified atom stereocenters. The van der Waals surface area contributed by atoms with Crippen LogP contribution in [0.15, 0.2) is 66.4 Å². The molecule has 0 aliphatic heterocycles. The molecule has 0 N–H and O–H groups in total. The Balaban J connectivity index is 1.71. The van der Waals surface area contributed by atoms with Crippen LogP contribution in [0.5, 0.6) is 0 Å². The Bertz CT molecular complexity index is 1070. The van der Waals surface area contributed by atoms with Gasteiger partial charge in [-0.15, -0.1) is 11.3 Å². The van der Waals surface area contributed by atoms with Crippen molar-refractivity contribution in [2.24, 2.45) is 7.05 Å². The van der Waals surface area contributed by atoms with Crippen LogP contribution in [0, 0.1) is 0 Å². The van der Waals surface area contributed by atoms with E-state index in [9.17, 15) is 4.79 Å². The number of nitrogens with zero attached hydrogens (tertiary/aromatic N) is 4. The fraction of sp³-hybridized carbons (Fsp3) is 0.190. The van der Waals surface area contributed by atoms with Crippen molar-refractivity contribution in [3.63, 3.8) is 0 Å². The number of aryl methyl sites for hydroxylation is 1. The highest BCUT2D eigenvalue weighted by atomic mass is 32.1. The van der Waals surface area contributed by atoms with E-state index in [2.05, 4.69) is 29.0 Å². The molecule has 2 heterocycles. The van der Waals surface area contributed by atoms with Gasteiger partial charge in [0, 0.05) is 25.0 Å². The van der Waals surface area contributed by atoms with Crippen LogP contribution in [0.25, 0.3) is 10.2 Å². The van der Waals surface area contributed by atoms with Gasteiger partial charge in [-0.2, -0.15) is 0 Å². The quantitative estimate of drug-likeness (QED) is 0.518. The highest BCUT2D eigenvalue weighted by Crippen LogP contribution is 2.26. The van der Waals surface area contributed by atoms with Gasteiger partial charge in [-0.25, -0.2) is 9.97 Å². The summed E-state index contributed by atoms with van der Waals surface area (Å²) in [7, 11) is 1.95. The van der Waals surface area contributed by atoms with E-state index in [1.807, 2.05) is 59.1 Å². The molecule has 2 aromatic carbocycles. The highest BCUT2D eigenvalue weighted by molar-refractivity contribution is 7.16. The normalized spacial score (nSPS) is 12.2. The van der Waals surface area contributed by atoms with E-state index in [-0.39, 0.29) is 11.9 Å². The fourth-order valence-corrected chi connectivity index (χ4v) is 3.87. The maximum absolute atomic E-state index is 13.4. The minimum atomic E-state index is -0.0763. The number of rotatable bonds is 5. The molecule has 0 radical (unpaired) electrons. The maximum Gasteiger partial charge on any atom is 0.254 e. The maximum atomic E-state index is 13.4. The molecule has 0 aliphatic carbocycles. The first-order chi connectivity index (χ1) is 13.1. The molecule has 0 spiro atoms. The first-order valence-corrected chi connectivity index (χ1v) is 9.67. The number of hydrogen-bond donors (Lipinski definition) is 0. The third-order valence-corrected chi connectivity index (χ3v) is 5.61. The third kappa shape index (κ3) is 3.48. The zero-order valence-corrected chi connectivity index (χ0v) is 16.1. The van der Waals surface area contributed by atoms with Gasteiger partial charge in [0.2, 0.25) is 0 Å². The third-order valence-electron chi connectivity index (χ3n) is 4.82. The summed E-state index contributed by atoms with van der Waals surface area (Å²) in [6, 6.07) is 15.7. The van der Waals surface area contributed by atoms with Gasteiger partial charge >= 0.3 is 0 Å². The monoisotopic (exact) mass is 376 g/mol. The molecule has 2 aromatic heterocycles. The van der Waals surface area contributed by atoms with Gasteiger partial charge in [0.15, 0.2) is 0 Å². The molecular weight excluding hydrogens is 356 g/mol. The molecule has 6 heteroatoms. The van der Waals surface area contributed by atoms with Crippen LogP contribution in [0.4, 0.5) is 0 Å². The molecule has 4 aromatic rings. The van der Waals surface area contributed by atoms with E-state index < -0.39 is 0 Å². The molecule has 1 atom stereocenters. The van der Waals surface area contributed by atoms with E-state index in [0.29, 0.717) is 12.1 Å². The molecule has 0 aliphatic rings. The number of fused-ring (bicyclic) bond motifs is 1. The lowest BCUT2D eigenvalue weighted by Crippen LogP contribution is -2.34. The Hall–Kier alpha value is -2.99. The Morgan fingerprint density at radius 3 is 2.74 bits per heavy atom. The number of carbonyl (C=O) groups is 1. The SMILES string of the molecule is C[C@H](c1ccccc1)N(Cc1nccn1C)C(=O)c1ccc2ncsc2c1. The van der Waals surface area contributed by atoms with Crippen molar-refractivity contribution in [3.8, 4) is 0 Å². The second kappa shape index (κ2) is 7.32. The lowest BCUT2D eigenvalue weighted by molar-refractivity contribution is 0.0667. The Kier molecular flexibility index (Phi) is 4.73. The summed E-state index contributed by atoms with van der Waals surface area (Å²) < 4.78 is 2.97. The van der Waals surface area contributed by atoms with Crippen LogP contribution in [0.1, 0.15) is 34.7 Å². The summed E-state index contributed by atoms with van der Waals surface area (Å²) in [6.07, 6.45) is 3.66. The standard InChI is InChI=1S/C21H20N4OS/c1-15(16-6-4-3-5-7-16)25(13-20-22-10-11-24(20)2)21(26)17-8-9-18-19(12-17)27-14-23-18/h3-12,14-15H,13H2,1-2H3/t15-/m1/s1. The number of thiazole rings is 1. The zero-order chi connectivity index (χ0) is 18.8. The van der Waals surface area contributed by atoms with Crippen molar-refractivity contribution >= 4 is 27.5 Å². The van der Waals surface area contributed by atoms with Gasteiger partial charge in [-0.1, -0.05) is 30.3 Å². The fourth-order valence-electron chi connectivity index (χ4n) is 3.15. The summed E-state index contributed by atoms with van der Waals surface area (Å²) in [5, 5.41) is 0. The lowest BCUT2D eigenvalue weighted by atomic mass is 10.1. The molecule has 5 nitrogen and oxygen atoms in total. The van der Waals surface area contributed by atoms with E-state index in [4.69, 9.17) is 0 Å². The van der Waals surface area contributed by atoms with Crippen LogP contribution in [-0.4, -0.2) is 25.3 Å². The van der Waals surface area contributed by atoms with Crippen molar-refractivity contribution in [2.75, 3.05) is 0 Å². The second-order valence-corrected chi connectivity index (χ2v) is 7.40. The summed E-state index contributed by atoms with van der Waals surface area (Å²) in [4.78, 5) is 24.0. The van der Waals surface area contributed by atoms with Crippen molar-refractivity contribution in [1.29, 1.82) is 0 Å². The van der Waals surface area contributed by atoms with Crippen LogP contribution in [-0.2, 0) is 13.6 Å². The van der Waals surface area contributed by atoms with Gasteiger partial charge in [0.25, 0.3) is 5.91 Å². The molecule has 0 saturated heterocycles. The molecule has 0 saturated carbocycles. The number of aromatic nitrogens is 3. The predicted octanol–water partition coefficient (Wildman–Crippen LogP) is 4.43. The van der Waals surface area contributed by atoms with Crippen LogP contribution >= 0.6 is 11.3 Å². The van der Waals surface area contributed by atoms with Crippen LogP contribution in [0.3, 0.4) is 0 Å². The second-order valence-electron chi connectivity index (χ2n) is 6.51. The van der Waals surface area contributed by atoms with Gasteiger partial charge in [-0.05, 0) is 30.7 Å². The number of carbonyl (C=O) groups excluding carboxylic acids is 1. The zero-order valence-electron chi connectivity index (χ0n) is 15.2. The molecule has 136 valence electrons. The van der Waals surface area contributed by atoms with Crippen molar-refractivity contribution in [3.05, 3.63) is 83.4 Å². The topological polar surface area (TPSA) is 51.0 Å². The lowest BCUT2D eigenvalue weighted by Gasteiger charge is -2.29. The van der Waals surface area contributed by atoms with Gasteiger partial charge < -0.3 is 9.47 Å². The molecule has 1 amide bonds.